The van der Waals surface area contributed by atoms with Gasteiger partial charge in [0.1, 0.15) is 0 Å². The van der Waals surface area contributed by atoms with Crippen molar-refractivity contribution >= 4 is 38.9 Å². The van der Waals surface area contributed by atoms with Crippen LogP contribution in [0.25, 0.3) is 0 Å². The third-order valence-corrected chi connectivity index (χ3v) is 7.48. The van der Waals surface area contributed by atoms with Crippen LogP contribution in [0.5, 0.6) is 0 Å². The fourth-order valence-electron chi connectivity index (χ4n) is 3.82. The molecule has 0 bridgehead atoms. The van der Waals surface area contributed by atoms with Gasteiger partial charge in [0.15, 0.2) is 5.03 Å². The molecule has 8 nitrogen and oxygen atoms in total. The Morgan fingerprint density at radius 1 is 1.18 bits per heavy atom. The van der Waals surface area contributed by atoms with Gasteiger partial charge in [0.05, 0.1) is 25.3 Å². The Balaban J connectivity index is 1.74. The van der Waals surface area contributed by atoms with Gasteiger partial charge in [-0.05, 0) is 47.9 Å². The van der Waals surface area contributed by atoms with Gasteiger partial charge in [-0.3, -0.25) is 13.8 Å². The Morgan fingerprint density at radius 2 is 1.94 bits per heavy atom. The molecule has 174 valence electrons. The van der Waals surface area contributed by atoms with E-state index < -0.39 is 10.0 Å². The molecule has 1 amide bonds. The molecule has 0 atom stereocenters. The minimum Gasteiger partial charge on any atom is -0.384 e. The second kappa shape index (κ2) is 9.54. The quantitative estimate of drug-likeness (QED) is 0.485. The summed E-state index contributed by atoms with van der Waals surface area (Å²) in [4.78, 5) is 14.4. The topological polar surface area (TPSA) is 84.7 Å². The molecule has 0 saturated heterocycles. The fourth-order valence-corrected chi connectivity index (χ4v) is 5.35. The number of hydrogen-bond donors (Lipinski definition) is 0. The molecule has 2 aromatic carbocycles. The number of ether oxygens (including phenoxy) is 1. The number of methoxy groups -OCH3 is 1. The maximum absolute atomic E-state index is 13.6. The second-order valence-electron chi connectivity index (χ2n) is 7.82. The molecule has 10 heteroatoms. The van der Waals surface area contributed by atoms with E-state index in [0.29, 0.717) is 23.9 Å². The van der Waals surface area contributed by atoms with Crippen molar-refractivity contribution in [2.75, 3.05) is 29.5 Å². The van der Waals surface area contributed by atoms with E-state index in [0.717, 1.165) is 23.2 Å². The van der Waals surface area contributed by atoms with Crippen molar-refractivity contribution < 1.29 is 17.9 Å². The minimum absolute atomic E-state index is 0.0486. The number of aryl methyl sites for hydroxylation is 1. The van der Waals surface area contributed by atoms with E-state index >= 15 is 0 Å². The summed E-state index contributed by atoms with van der Waals surface area (Å²) in [5.74, 6) is -0.0513. The monoisotopic (exact) mass is 488 g/mol. The summed E-state index contributed by atoms with van der Waals surface area (Å²) in [6.07, 6.45) is 2.58. The Kier molecular flexibility index (Phi) is 6.73. The van der Waals surface area contributed by atoms with Crippen LogP contribution in [0.2, 0.25) is 5.02 Å². The lowest BCUT2D eigenvalue weighted by molar-refractivity contribution is -0.119. The zero-order valence-electron chi connectivity index (χ0n) is 18.4. The summed E-state index contributed by atoms with van der Waals surface area (Å²) in [6.45, 7) is 0.985. The van der Waals surface area contributed by atoms with Gasteiger partial charge in [0.25, 0.3) is 10.0 Å². The minimum atomic E-state index is -3.97. The number of fused-ring (bicyclic) bond motifs is 1. The molecule has 4 rings (SSSR count). The van der Waals surface area contributed by atoms with Crippen LogP contribution in [0, 0.1) is 0 Å². The van der Waals surface area contributed by atoms with Crippen LogP contribution in [0.15, 0.2) is 59.8 Å². The molecule has 0 aliphatic carbocycles. The number of hydrogen-bond acceptors (Lipinski definition) is 5. The summed E-state index contributed by atoms with van der Waals surface area (Å²) in [5.41, 5.74) is 2.96. The Hall–Kier alpha value is -2.88. The van der Waals surface area contributed by atoms with Gasteiger partial charge in [-0.1, -0.05) is 29.8 Å². The molecule has 0 spiro atoms. The number of anilines is 2. The van der Waals surface area contributed by atoms with Crippen LogP contribution in [0.1, 0.15) is 17.5 Å². The van der Waals surface area contributed by atoms with Gasteiger partial charge < -0.3 is 9.64 Å². The highest BCUT2D eigenvalue weighted by Crippen LogP contribution is 2.35. The van der Waals surface area contributed by atoms with Crippen molar-refractivity contribution in [2.45, 2.75) is 24.4 Å². The second-order valence-corrected chi connectivity index (χ2v) is 10.1. The van der Waals surface area contributed by atoms with E-state index in [2.05, 4.69) is 5.10 Å². The number of benzene rings is 2. The lowest BCUT2D eigenvalue weighted by Crippen LogP contribution is -2.32. The number of rotatable bonds is 8. The normalized spacial score (nSPS) is 13.2. The molecular weight excluding hydrogens is 464 g/mol. The van der Waals surface area contributed by atoms with Crippen LogP contribution in [0.4, 0.5) is 11.4 Å². The van der Waals surface area contributed by atoms with Gasteiger partial charge in [-0.25, -0.2) is 0 Å². The molecule has 1 aliphatic rings. The maximum Gasteiger partial charge on any atom is 0.283 e. The first-order chi connectivity index (χ1) is 15.8. The smallest absolute Gasteiger partial charge is 0.283 e. The number of halogens is 1. The van der Waals surface area contributed by atoms with Crippen molar-refractivity contribution in [2.24, 2.45) is 7.05 Å². The van der Waals surface area contributed by atoms with Crippen molar-refractivity contribution in [3.05, 3.63) is 70.9 Å². The van der Waals surface area contributed by atoms with Gasteiger partial charge in [0, 0.05) is 37.6 Å². The fraction of sp³-hybridized carbons (Fsp3) is 0.304. The lowest BCUT2D eigenvalue weighted by atomic mass is 10.1. The highest BCUT2D eigenvalue weighted by Gasteiger charge is 2.30. The first-order valence-electron chi connectivity index (χ1n) is 10.5. The summed E-state index contributed by atoms with van der Waals surface area (Å²) < 4.78 is 35.0. The van der Waals surface area contributed by atoms with E-state index in [1.54, 1.807) is 61.7 Å². The first kappa shape index (κ1) is 23.3. The largest absolute Gasteiger partial charge is 0.384 e. The summed E-state index contributed by atoms with van der Waals surface area (Å²) in [7, 11) is -0.742. The average Bonchev–Trinajstić information content (AvgIpc) is 3.43. The van der Waals surface area contributed by atoms with E-state index in [-0.39, 0.29) is 23.9 Å². The molecule has 0 N–H and O–H groups in total. The molecule has 1 aromatic heterocycles. The van der Waals surface area contributed by atoms with Gasteiger partial charge in [-0.2, -0.15) is 13.5 Å². The Labute approximate surface area is 198 Å². The van der Waals surface area contributed by atoms with E-state index in [9.17, 15) is 13.2 Å². The highest BCUT2D eigenvalue weighted by molar-refractivity contribution is 7.92. The highest BCUT2D eigenvalue weighted by atomic mass is 35.5. The van der Waals surface area contributed by atoms with Crippen LogP contribution >= 0.6 is 11.6 Å². The number of carbonyl (C=O) groups excluding carboxylic acids is 1. The van der Waals surface area contributed by atoms with E-state index in [1.165, 1.54) is 15.1 Å². The summed E-state index contributed by atoms with van der Waals surface area (Å²) >= 11 is 6.01. The lowest BCUT2D eigenvalue weighted by Gasteiger charge is -2.25. The first-order valence-corrected chi connectivity index (χ1v) is 12.3. The summed E-state index contributed by atoms with van der Waals surface area (Å²) in [5, 5.41) is 4.64. The van der Waals surface area contributed by atoms with Crippen LogP contribution in [-0.4, -0.2) is 44.4 Å². The SMILES string of the molecule is COCCC(=O)N1CCc2ccc(N(Cc3ccc(Cl)cc3)S(=O)(=O)c3ccn(C)n3)cc21. The predicted octanol–water partition coefficient (Wildman–Crippen LogP) is 3.39. The standard InChI is InChI=1S/C23H25ClN4O4S/c1-26-12-10-22(25-26)33(30,31)28(16-17-3-6-19(24)7-4-17)20-8-5-18-9-13-27(21(18)15-20)23(29)11-14-32-2/h3-8,10,12,15H,9,11,13-14,16H2,1-2H3. The molecule has 33 heavy (non-hydrogen) atoms. The van der Waals surface area contributed by atoms with Crippen LogP contribution in [0.3, 0.4) is 0 Å². The molecule has 0 fully saturated rings. The molecule has 0 unspecified atom stereocenters. The van der Waals surface area contributed by atoms with Crippen molar-refractivity contribution in [3.8, 4) is 0 Å². The zero-order chi connectivity index (χ0) is 23.6. The number of carbonyl (C=O) groups is 1. The van der Waals surface area contributed by atoms with Gasteiger partial charge in [-0.15, -0.1) is 0 Å². The van der Waals surface area contributed by atoms with E-state index in [4.69, 9.17) is 16.3 Å². The number of sulfonamides is 1. The summed E-state index contributed by atoms with van der Waals surface area (Å²) in [6, 6.07) is 13.9. The van der Waals surface area contributed by atoms with Crippen molar-refractivity contribution in [3.63, 3.8) is 0 Å². The number of aromatic nitrogens is 2. The molecule has 0 saturated carbocycles. The predicted molar refractivity (Wildman–Crippen MR) is 127 cm³/mol. The molecule has 3 aromatic rings. The van der Waals surface area contributed by atoms with E-state index in [1.807, 2.05) is 6.07 Å². The Bertz CT molecular complexity index is 1260. The molecular formula is C23H25ClN4O4S. The maximum atomic E-state index is 13.6. The number of nitrogens with zero attached hydrogens (tertiary/aromatic N) is 4. The van der Waals surface area contributed by atoms with Crippen LogP contribution < -0.4 is 9.21 Å². The zero-order valence-corrected chi connectivity index (χ0v) is 20.0. The third kappa shape index (κ3) is 4.90. The van der Waals surface area contributed by atoms with Crippen molar-refractivity contribution in [1.82, 2.24) is 9.78 Å². The van der Waals surface area contributed by atoms with Gasteiger partial charge >= 0.3 is 0 Å². The van der Waals surface area contributed by atoms with Crippen molar-refractivity contribution in [1.29, 1.82) is 0 Å². The average molecular weight is 489 g/mol. The Morgan fingerprint density at radius 3 is 2.61 bits per heavy atom. The number of amides is 1. The van der Waals surface area contributed by atoms with Gasteiger partial charge in [0.2, 0.25) is 5.91 Å². The molecule has 0 radical (unpaired) electrons. The molecule has 2 heterocycles. The third-order valence-electron chi connectivity index (χ3n) is 5.56. The molecule has 1 aliphatic heterocycles. The van der Waals surface area contributed by atoms with Crippen LogP contribution in [-0.2, 0) is 39.6 Å².